The molecule has 19 heavy (non-hydrogen) atoms. The van der Waals surface area contributed by atoms with Crippen LogP contribution in [-0.2, 0) is 19.1 Å². The molecule has 1 N–H and O–H groups in total. The molecule has 6 heteroatoms. The van der Waals surface area contributed by atoms with Crippen molar-refractivity contribution in [1.82, 2.24) is 4.90 Å². The van der Waals surface area contributed by atoms with Gasteiger partial charge in [-0.3, -0.25) is 14.5 Å². The number of hydrogen-bond donors (Lipinski definition) is 1. The number of nitrogens with zero attached hydrogens (tertiary/aromatic N) is 1. The van der Waals surface area contributed by atoms with Gasteiger partial charge in [0.15, 0.2) is 12.0 Å². The number of carbonyl (C=O) groups excluding carboxylic acids is 2. The molecule has 1 saturated heterocycles. The quantitative estimate of drug-likeness (QED) is 0.733. The first-order valence-electron chi connectivity index (χ1n) is 6.34. The molecular weight excluding hydrogens is 250 g/mol. The van der Waals surface area contributed by atoms with Crippen molar-refractivity contribution < 1.29 is 24.2 Å². The van der Waals surface area contributed by atoms with Crippen LogP contribution in [0.25, 0.3) is 0 Å². The predicted molar refractivity (Wildman–Crippen MR) is 65.9 cm³/mol. The third-order valence-electron chi connectivity index (χ3n) is 3.67. The van der Waals surface area contributed by atoms with Gasteiger partial charge in [0, 0.05) is 19.2 Å². The minimum atomic E-state index is -0.650. The number of hydrogen-bond acceptors (Lipinski definition) is 5. The number of aliphatic hydroxyl groups is 1. The van der Waals surface area contributed by atoms with E-state index in [9.17, 15) is 14.7 Å². The average molecular weight is 269 g/mol. The number of ether oxygens (including phenoxy) is 2. The Hall–Kier alpha value is -1.24. The Morgan fingerprint density at radius 1 is 1.53 bits per heavy atom. The summed E-state index contributed by atoms with van der Waals surface area (Å²) in [6.45, 7) is 3.56. The van der Waals surface area contributed by atoms with E-state index in [1.807, 2.05) is 6.92 Å². The van der Waals surface area contributed by atoms with Crippen LogP contribution in [0.2, 0.25) is 0 Å². The molecule has 0 aromatic carbocycles. The Bertz CT molecular complexity index is 406. The van der Waals surface area contributed by atoms with Crippen molar-refractivity contribution in [3.8, 4) is 0 Å². The molecule has 2 rings (SSSR count). The number of carbonyl (C=O) groups is 2. The largest absolute Gasteiger partial charge is 0.391 e. The van der Waals surface area contributed by atoms with E-state index < -0.39 is 18.4 Å². The van der Waals surface area contributed by atoms with Gasteiger partial charge in [0.05, 0.1) is 18.6 Å². The molecule has 1 amide bonds. The van der Waals surface area contributed by atoms with Gasteiger partial charge in [-0.25, -0.2) is 0 Å². The van der Waals surface area contributed by atoms with E-state index in [1.165, 1.54) is 17.2 Å². The normalized spacial score (nSPS) is 36.9. The Morgan fingerprint density at radius 2 is 2.21 bits per heavy atom. The van der Waals surface area contributed by atoms with Crippen LogP contribution in [0.1, 0.15) is 20.3 Å². The highest BCUT2D eigenvalue weighted by Crippen LogP contribution is 2.33. The second kappa shape index (κ2) is 5.40. The van der Waals surface area contributed by atoms with Gasteiger partial charge >= 0.3 is 0 Å². The van der Waals surface area contributed by atoms with E-state index in [0.29, 0.717) is 0 Å². The second-order valence-electron chi connectivity index (χ2n) is 5.05. The fraction of sp³-hybridized carbons (Fsp3) is 0.692. The minimum absolute atomic E-state index is 0.0474. The first-order valence-corrected chi connectivity index (χ1v) is 6.34. The molecule has 0 aromatic heterocycles. The zero-order valence-electron chi connectivity index (χ0n) is 11.3. The van der Waals surface area contributed by atoms with Crippen LogP contribution < -0.4 is 0 Å². The van der Waals surface area contributed by atoms with Gasteiger partial charge in [-0.1, -0.05) is 6.92 Å². The first kappa shape index (κ1) is 14.2. The summed E-state index contributed by atoms with van der Waals surface area (Å²) in [6.07, 6.45) is 0.662. The third kappa shape index (κ3) is 2.56. The number of allylic oxidation sites excluding steroid dienone is 1. The zero-order valence-corrected chi connectivity index (χ0v) is 11.3. The lowest BCUT2D eigenvalue weighted by Gasteiger charge is -2.30. The number of methoxy groups -OCH3 is 1. The summed E-state index contributed by atoms with van der Waals surface area (Å²) in [5, 5.41) is 9.70. The molecule has 5 atom stereocenters. The van der Waals surface area contributed by atoms with Crippen molar-refractivity contribution >= 4 is 11.7 Å². The lowest BCUT2D eigenvalue weighted by Crippen LogP contribution is -2.45. The Morgan fingerprint density at radius 3 is 2.74 bits per heavy atom. The van der Waals surface area contributed by atoms with Gasteiger partial charge in [0.25, 0.3) is 0 Å². The number of aliphatic hydroxyl groups excluding tert-OH is 1. The molecule has 0 bridgehead atoms. The predicted octanol–water partition coefficient (Wildman–Crippen LogP) is 0.0583. The van der Waals surface area contributed by atoms with Crippen LogP contribution in [0.3, 0.4) is 0 Å². The summed E-state index contributed by atoms with van der Waals surface area (Å²) in [4.78, 5) is 24.5. The molecule has 2 heterocycles. The second-order valence-corrected chi connectivity index (χ2v) is 5.05. The van der Waals surface area contributed by atoms with Crippen molar-refractivity contribution in [2.24, 2.45) is 5.92 Å². The highest BCUT2D eigenvalue weighted by atomic mass is 16.6. The van der Waals surface area contributed by atoms with Crippen molar-refractivity contribution in [2.45, 2.75) is 44.8 Å². The van der Waals surface area contributed by atoms with Gasteiger partial charge in [0.1, 0.15) is 6.10 Å². The van der Waals surface area contributed by atoms with Gasteiger partial charge < -0.3 is 14.6 Å². The lowest BCUT2D eigenvalue weighted by molar-refractivity contribution is -0.151. The molecule has 0 spiro atoms. The van der Waals surface area contributed by atoms with Crippen molar-refractivity contribution in [2.75, 3.05) is 7.11 Å². The van der Waals surface area contributed by atoms with Crippen molar-refractivity contribution in [3.63, 3.8) is 0 Å². The van der Waals surface area contributed by atoms with E-state index in [1.54, 1.807) is 14.0 Å². The average Bonchev–Trinajstić information content (AvgIpc) is 2.66. The van der Waals surface area contributed by atoms with E-state index >= 15 is 0 Å². The van der Waals surface area contributed by atoms with E-state index in [2.05, 4.69) is 0 Å². The zero-order chi connectivity index (χ0) is 14.2. The van der Waals surface area contributed by atoms with E-state index in [-0.39, 0.29) is 30.1 Å². The fourth-order valence-electron chi connectivity index (χ4n) is 2.69. The smallest absolute Gasteiger partial charge is 0.236 e. The maximum Gasteiger partial charge on any atom is 0.236 e. The fourth-order valence-corrected chi connectivity index (χ4v) is 2.69. The Kier molecular flexibility index (Phi) is 4.03. The lowest BCUT2D eigenvalue weighted by atomic mass is 9.96. The van der Waals surface area contributed by atoms with Crippen LogP contribution in [0.5, 0.6) is 0 Å². The van der Waals surface area contributed by atoms with E-state index in [4.69, 9.17) is 9.47 Å². The summed E-state index contributed by atoms with van der Waals surface area (Å²) < 4.78 is 11.1. The van der Waals surface area contributed by atoms with Crippen LogP contribution in [0.4, 0.5) is 0 Å². The van der Waals surface area contributed by atoms with Crippen LogP contribution in [0.15, 0.2) is 12.3 Å². The molecule has 6 nitrogen and oxygen atoms in total. The molecule has 106 valence electrons. The highest BCUT2D eigenvalue weighted by Gasteiger charge is 2.48. The van der Waals surface area contributed by atoms with Gasteiger partial charge in [-0.2, -0.15) is 0 Å². The SMILES string of the molecule is CO[C@@H]1[C@H](C)[C@@H]([C@H](C)O)O[C@H]1N1C=CC(=O)CC1=O. The summed E-state index contributed by atoms with van der Waals surface area (Å²) in [5.41, 5.74) is 0. The monoisotopic (exact) mass is 269 g/mol. The van der Waals surface area contributed by atoms with Gasteiger partial charge in [0.2, 0.25) is 5.91 Å². The number of rotatable bonds is 3. The minimum Gasteiger partial charge on any atom is -0.391 e. The number of amides is 1. The molecule has 0 radical (unpaired) electrons. The molecule has 0 unspecified atom stereocenters. The highest BCUT2D eigenvalue weighted by molar-refractivity contribution is 6.06. The van der Waals surface area contributed by atoms with Crippen molar-refractivity contribution in [1.29, 1.82) is 0 Å². The summed E-state index contributed by atoms with van der Waals surface area (Å²) in [6, 6.07) is 0. The summed E-state index contributed by atoms with van der Waals surface area (Å²) >= 11 is 0. The summed E-state index contributed by atoms with van der Waals surface area (Å²) in [7, 11) is 1.55. The molecular formula is C13H19NO5. The maximum atomic E-state index is 11.9. The molecule has 0 aromatic rings. The molecule has 0 aliphatic carbocycles. The van der Waals surface area contributed by atoms with Crippen LogP contribution in [0, 0.1) is 5.92 Å². The van der Waals surface area contributed by atoms with Crippen LogP contribution >= 0.6 is 0 Å². The summed E-state index contributed by atoms with van der Waals surface area (Å²) in [5.74, 6) is -0.569. The third-order valence-corrected chi connectivity index (χ3v) is 3.67. The van der Waals surface area contributed by atoms with Crippen LogP contribution in [-0.4, -0.2) is 53.3 Å². The van der Waals surface area contributed by atoms with Crippen molar-refractivity contribution in [3.05, 3.63) is 12.3 Å². The maximum absolute atomic E-state index is 11.9. The number of ketones is 1. The molecule has 1 fully saturated rings. The Labute approximate surface area is 112 Å². The first-order chi connectivity index (χ1) is 8.95. The van der Waals surface area contributed by atoms with Gasteiger partial charge in [-0.15, -0.1) is 0 Å². The Balaban J connectivity index is 2.21. The van der Waals surface area contributed by atoms with Gasteiger partial charge in [-0.05, 0) is 13.0 Å². The molecule has 0 saturated carbocycles. The standard InChI is InChI=1S/C13H19NO5/c1-7-11(8(2)15)19-13(12(7)18-3)14-5-4-9(16)6-10(14)17/h4-5,7-8,11-13,15H,6H2,1-3H3/t7-,8+,11+,12-,13-/m1/s1. The van der Waals surface area contributed by atoms with E-state index in [0.717, 1.165) is 0 Å². The molecule has 2 aliphatic heterocycles. The molecule has 2 aliphatic rings. The topological polar surface area (TPSA) is 76.1 Å².